The number of hydrogen-bond donors (Lipinski definition) is 2. The highest BCUT2D eigenvalue weighted by Crippen LogP contribution is 2.19. The Morgan fingerprint density at radius 3 is 2.78 bits per heavy atom. The third-order valence-electron chi connectivity index (χ3n) is 3.64. The molecule has 0 spiro atoms. The summed E-state index contributed by atoms with van der Waals surface area (Å²) in [5, 5.41) is 8.37. The molecule has 5 nitrogen and oxygen atoms in total. The molecule has 148 valence electrons. The third-order valence-corrected chi connectivity index (χ3v) is 4.54. The van der Waals surface area contributed by atoms with Gasteiger partial charge in [0.15, 0.2) is 12.6 Å². The van der Waals surface area contributed by atoms with Crippen molar-refractivity contribution in [1.82, 2.24) is 15.6 Å². The molecule has 0 aromatic carbocycles. The molecule has 1 atom stereocenters. The van der Waals surface area contributed by atoms with Gasteiger partial charge in [-0.15, -0.1) is 11.3 Å². The standard InChI is InChI=1S/C18H23F3N4OS/c1-13(9-15-6-4-8-27-15)10-24-17(22-2)25-11-14-5-3-7-23-16(14)26-12-18(19,20)21/h3-8,13H,9-12H2,1-2H3,(H2,22,24,25). The molecule has 0 aliphatic heterocycles. The van der Waals surface area contributed by atoms with E-state index < -0.39 is 12.8 Å². The summed E-state index contributed by atoms with van der Waals surface area (Å²) in [7, 11) is 1.64. The van der Waals surface area contributed by atoms with E-state index in [1.54, 1.807) is 30.5 Å². The number of pyridine rings is 1. The molecule has 2 rings (SSSR count). The second-order valence-electron chi connectivity index (χ2n) is 6.07. The number of aromatic nitrogens is 1. The van der Waals surface area contributed by atoms with Gasteiger partial charge in [-0.25, -0.2) is 4.98 Å². The number of ether oxygens (including phenoxy) is 1. The first kappa shape index (κ1) is 21.0. The highest BCUT2D eigenvalue weighted by atomic mass is 32.1. The van der Waals surface area contributed by atoms with E-state index in [-0.39, 0.29) is 12.4 Å². The first-order valence-electron chi connectivity index (χ1n) is 8.47. The van der Waals surface area contributed by atoms with Crippen molar-refractivity contribution in [2.45, 2.75) is 26.1 Å². The van der Waals surface area contributed by atoms with Crippen LogP contribution < -0.4 is 15.4 Å². The average molecular weight is 400 g/mol. The van der Waals surface area contributed by atoms with E-state index in [0.29, 0.717) is 17.4 Å². The molecule has 0 fully saturated rings. The Morgan fingerprint density at radius 2 is 2.11 bits per heavy atom. The normalized spacial score (nSPS) is 13.3. The smallest absolute Gasteiger partial charge is 0.422 e. The van der Waals surface area contributed by atoms with Gasteiger partial charge in [0, 0.05) is 36.8 Å². The molecule has 0 radical (unpaired) electrons. The lowest BCUT2D eigenvalue weighted by Crippen LogP contribution is -2.39. The molecular formula is C18H23F3N4OS. The SMILES string of the molecule is CN=C(NCc1cccnc1OCC(F)(F)F)NCC(C)Cc1cccs1. The van der Waals surface area contributed by atoms with Gasteiger partial charge in [0.1, 0.15) is 0 Å². The predicted molar refractivity (Wildman–Crippen MR) is 101 cm³/mol. The first-order chi connectivity index (χ1) is 12.9. The Labute approximate surface area is 160 Å². The van der Waals surface area contributed by atoms with Crippen molar-refractivity contribution in [2.24, 2.45) is 10.9 Å². The molecule has 2 N–H and O–H groups in total. The van der Waals surface area contributed by atoms with Gasteiger partial charge in [-0.3, -0.25) is 4.99 Å². The van der Waals surface area contributed by atoms with E-state index in [2.05, 4.69) is 39.0 Å². The fourth-order valence-electron chi connectivity index (χ4n) is 2.35. The van der Waals surface area contributed by atoms with Crippen LogP contribution in [0.5, 0.6) is 5.88 Å². The van der Waals surface area contributed by atoms with Crippen LogP contribution >= 0.6 is 11.3 Å². The van der Waals surface area contributed by atoms with E-state index in [4.69, 9.17) is 4.74 Å². The average Bonchev–Trinajstić information content (AvgIpc) is 3.13. The molecule has 0 aliphatic rings. The molecule has 0 bridgehead atoms. The number of aliphatic imine (C=N–C) groups is 1. The minimum atomic E-state index is -4.40. The van der Waals surface area contributed by atoms with Crippen molar-refractivity contribution in [3.8, 4) is 5.88 Å². The number of halogens is 3. The monoisotopic (exact) mass is 400 g/mol. The summed E-state index contributed by atoms with van der Waals surface area (Å²) in [4.78, 5) is 9.35. The number of thiophene rings is 1. The van der Waals surface area contributed by atoms with Crippen LogP contribution in [0.4, 0.5) is 13.2 Å². The summed E-state index contributed by atoms with van der Waals surface area (Å²) in [6.45, 7) is 1.75. The molecule has 1 unspecified atom stereocenters. The highest BCUT2D eigenvalue weighted by Gasteiger charge is 2.29. The number of alkyl halides is 3. The van der Waals surface area contributed by atoms with Crippen LogP contribution in [0.1, 0.15) is 17.4 Å². The zero-order valence-corrected chi connectivity index (χ0v) is 16.0. The Morgan fingerprint density at radius 1 is 1.30 bits per heavy atom. The second kappa shape index (κ2) is 10.1. The summed E-state index contributed by atoms with van der Waals surface area (Å²) in [5.74, 6) is 0.939. The van der Waals surface area contributed by atoms with Crippen molar-refractivity contribution in [3.63, 3.8) is 0 Å². The van der Waals surface area contributed by atoms with Gasteiger partial charge in [0.2, 0.25) is 5.88 Å². The molecule has 0 saturated heterocycles. The molecule has 9 heteroatoms. The minimum absolute atomic E-state index is 0.0381. The summed E-state index contributed by atoms with van der Waals surface area (Å²) in [5.41, 5.74) is 0.524. The summed E-state index contributed by atoms with van der Waals surface area (Å²) < 4.78 is 41.9. The Balaban J connectivity index is 1.83. The van der Waals surface area contributed by atoms with Gasteiger partial charge in [0.05, 0.1) is 0 Å². The number of hydrogen-bond acceptors (Lipinski definition) is 4. The zero-order valence-electron chi connectivity index (χ0n) is 15.2. The largest absolute Gasteiger partial charge is 0.468 e. The van der Waals surface area contributed by atoms with E-state index in [1.165, 1.54) is 11.1 Å². The molecule has 0 saturated carbocycles. The predicted octanol–water partition coefficient (Wildman–Crippen LogP) is 3.63. The van der Waals surface area contributed by atoms with Crippen LogP contribution in [-0.4, -0.2) is 37.3 Å². The van der Waals surface area contributed by atoms with Gasteiger partial charge >= 0.3 is 6.18 Å². The Hall–Kier alpha value is -2.29. The van der Waals surface area contributed by atoms with Gasteiger partial charge in [0.25, 0.3) is 0 Å². The van der Waals surface area contributed by atoms with Crippen LogP contribution in [0.25, 0.3) is 0 Å². The van der Waals surface area contributed by atoms with Crippen LogP contribution in [0, 0.1) is 5.92 Å². The van der Waals surface area contributed by atoms with Crippen molar-refractivity contribution in [2.75, 3.05) is 20.2 Å². The Bertz CT molecular complexity index is 720. The Kier molecular flexibility index (Phi) is 7.90. The molecule has 2 heterocycles. The van der Waals surface area contributed by atoms with Gasteiger partial charge in [-0.05, 0) is 29.9 Å². The van der Waals surface area contributed by atoms with E-state index in [1.807, 2.05) is 6.07 Å². The van der Waals surface area contributed by atoms with Gasteiger partial charge < -0.3 is 15.4 Å². The molecule has 0 amide bonds. The number of rotatable bonds is 8. The maximum absolute atomic E-state index is 12.4. The van der Waals surface area contributed by atoms with Crippen LogP contribution in [0.3, 0.4) is 0 Å². The highest BCUT2D eigenvalue weighted by molar-refractivity contribution is 7.09. The fraction of sp³-hybridized carbons (Fsp3) is 0.444. The van der Waals surface area contributed by atoms with Crippen LogP contribution in [-0.2, 0) is 13.0 Å². The van der Waals surface area contributed by atoms with Gasteiger partial charge in [-0.1, -0.05) is 19.1 Å². The molecule has 2 aromatic heterocycles. The topological polar surface area (TPSA) is 58.5 Å². The maximum Gasteiger partial charge on any atom is 0.422 e. The molecule has 2 aromatic rings. The van der Waals surface area contributed by atoms with Crippen LogP contribution in [0.15, 0.2) is 40.8 Å². The molecule has 27 heavy (non-hydrogen) atoms. The summed E-state index contributed by atoms with van der Waals surface area (Å²) in [6, 6.07) is 7.46. The van der Waals surface area contributed by atoms with Crippen molar-refractivity contribution in [1.29, 1.82) is 0 Å². The van der Waals surface area contributed by atoms with E-state index in [0.717, 1.165) is 13.0 Å². The lowest BCUT2D eigenvalue weighted by molar-refractivity contribution is -0.154. The van der Waals surface area contributed by atoms with Crippen molar-refractivity contribution >= 4 is 17.3 Å². The lowest BCUT2D eigenvalue weighted by Gasteiger charge is -2.17. The lowest BCUT2D eigenvalue weighted by atomic mass is 10.1. The summed E-state index contributed by atoms with van der Waals surface area (Å²) >= 11 is 1.73. The fourth-order valence-corrected chi connectivity index (χ4v) is 3.22. The van der Waals surface area contributed by atoms with E-state index in [9.17, 15) is 13.2 Å². The van der Waals surface area contributed by atoms with Crippen molar-refractivity contribution < 1.29 is 17.9 Å². The molecule has 0 aliphatic carbocycles. The first-order valence-corrected chi connectivity index (χ1v) is 9.35. The summed E-state index contributed by atoms with van der Waals surface area (Å²) in [6.07, 6.45) is -2.03. The van der Waals surface area contributed by atoms with Crippen LogP contribution in [0.2, 0.25) is 0 Å². The third kappa shape index (κ3) is 7.86. The number of guanidine groups is 1. The van der Waals surface area contributed by atoms with E-state index >= 15 is 0 Å². The number of nitrogens with zero attached hydrogens (tertiary/aromatic N) is 2. The zero-order chi connectivity index (χ0) is 19.7. The second-order valence-corrected chi connectivity index (χ2v) is 7.10. The van der Waals surface area contributed by atoms with Crippen molar-refractivity contribution in [3.05, 3.63) is 46.3 Å². The maximum atomic E-state index is 12.4. The molecular weight excluding hydrogens is 377 g/mol. The number of nitrogens with one attached hydrogen (secondary N) is 2. The quantitative estimate of drug-likeness (QED) is 0.525. The minimum Gasteiger partial charge on any atom is -0.468 e. The van der Waals surface area contributed by atoms with Gasteiger partial charge in [-0.2, -0.15) is 13.2 Å².